The van der Waals surface area contributed by atoms with Gasteiger partial charge in [0.1, 0.15) is 0 Å². The molecule has 4 heteroatoms. The maximum absolute atomic E-state index is 5.49. The quantitative estimate of drug-likeness (QED) is 0.869. The maximum Gasteiger partial charge on any atom is 0.231 e. The van der Waals surface area contributed by atoms with E-state index in [1.165, 1.54) is 30.8 Å². The molecule has 2 heterocycles. The van der Waals surface area contributed by atoms with Gasteiger partial charge in [0.25, 0.3) is 0 Å². The number of rotatable bonds is 2. The molecule has 0 aromatic heterocycles. The van der Waals surface area contributed by atoms with Crippen LogP contribution >= 0.6 is 0 Å². The van der Waals surface area contributed by atoms with E-state index in [0.717, 1.165) is 24.0 Å². The summed E-state index contributed by atoms with van der Waals surface area (Å²) in [6.45, 7) is 4.80. The van der Waals surface area contributed by atoms with Gasteiger partial charge in [-0.15, -0.1) is 0 Å². The van der Waals surface area contributed by atoms with E-state index in [0.29, 0.717) is 12.8 Å². The summed E-state index contributed by atoms with van der Waals surface area (Å²) in [7, 11) is 0. The van der Waals surface area contributed by atoms with Gasteiger partial charge in [-0.2, -0.15) is 0 Å². The molecule has 1 N–H and O–H groups in total. The molecule has 0 spiro atoms. The average molecular weight is 246 g/mol. The van der Waals surface area contributed by atoms with Crippen LogP contribution in [0.5, 0.6) is 11.5 Å². The van der Waals surface area contributed by atoms with E-state index in [9.17, 15) is 0 Å². The molecule has 1 atom stereocenters. The van der Waals surface area contributed by atoms with Gasteiger partial charge in [0.05, 0.1) is 11.4 Å². The molecule has 1 aromatic rings. The third kappa shape index (κ3) is 1.59. The second-order valence-electron chi connectivity index (χ2n) is 5.55. The third-order valence-corrected chi connectivity index (χ3v) is 4.07. The molecule has 1 unspecified atom stereocenters. The molecular weight excluding hydrogens is 228 g/mol. The Bertz CT molecular complexity index is 485. The first-order valence-corrected chi connectivity index (χ1v) is 6.75. The fourth-order valence-corrected chi connectivity index (χ4v) is 2.77. The van der Waals surface area contributed by atoms with Crippen LogP contribution in [0.1, 0.15) is 19.8 Å². The van der Waals surface area contributed by atoms with Crippen molar-refractivity contribution in [1.29, 1.82) is 0 Å². The number of hydrogen-bond donors (Lipinski definition) is 1. The summed E-state index contributed by atoms with van der Waals surface area (Å²) in [5.74, 6) is 2.64. The normalized spacial score (nSPS) is 24.7. The highest BCUT2D eigenvalue weighted by molar-refractivity contribution is 5.77. The van der Waals surface area contributed by atoms with E-state index in [-0.39, 0.29) is 0 Å². The molecule has 1 saturated carbocycles. The highest BCUT2D eigenvalue weighted by atomic mass is 16.7. The molecule has 0 bridgehead atoms. The lowest BCUT2D eigenvalue weighted by atomic mass is 10.1. The van der Waals surface area contributed by atoms with Crippen molar-refractivity contribution < 1.29 is 9.47 Å². The number of fused-ring (bicyclic) bond motifs is 2. The van der Waals surface area contributed by atoms with Gasteiger partial charge < -0.3 is 19.7 Å². The van der Waals surface area contributed by atoms with Crippen LogP contribution in [0.2, 0.25) is 0 Å². The molecule has 1 aromatic carbocycles. The largest absolute Gasteiger partial charge is 0.454 e. The predicted molar refractivity (Wildman–Crippen MR) is 70.6 cm³/mol. The van der Waals surface area contributed by atoms with Crippen molar-refractivity contribution in [3.8, 4) is 11.5 Å². The second kappa shape index (κ2) is 3.70. The van der Waals surface area contributed by atoms with Crippen molar-refractivity contribution in [2.45, 2.75) is 25.8 Å². The Morgan fingerprint density at radius 3 is 2.83 bits per heavy atom. The minimum Gasteiger partial charge on any atom is -0.454 e. The highest BCUT2D eigenvalue weighted by Crippen LogP contribution is 2.44. The van der Waals surface area contributed by atoms with Gasteiger partial charge in [0.2, 0.25) is 6.79 Å². The Balaban J connectivity index is 1.73. The van der Waals surface area contributed by atoms with Crippen molar-refractivity contribution in [3.63, 3.8) is 0 Å². The van der Waals surface area contributed by atoms with Gasteiger partial charge in [-0.3, -0.25) is 0 Å². The van der Waals surface area contributed by atoms with Crippen molar-refractivity contribution in [1.82, 2.24) is 0 Å². The minimum absolute atomic E-state index is 0.344. The average Bonchev–Trinajstić information content (AvgIpc) is 3.07. The summed E-state index contributed by atoms with van der Waals surface area (Å²) in [5.41, 5.74) is 2.45. The summed E-state index contributed by atoms with van der Waals surface area (Å²) < 4.78 is 10.9. The zero-order valence-corrected chi connectivity index (χ0v) is 10.6. The van der Waals surface area contributed by atoms with Gasteiger partial charge in [0, 0.05) is 31.3 Å². The Labute approximate surface area is 107 Å². The SMILES string of the molecule is CC1CNc2cc3c(cc2N1CC1CC1)OCO3. The van der Waals surface area contributed by atoms with E-state index in [2.05, 4.69) is 29.3 Å². The number of anilines is 2. The number of nitrogens with one attached hydrogen (secondary N) is 1. The van der Waals surface area contributed by atoms with Crippen LogP contribution < -0.4 is 19.7 Å². The van der Waals surface area contributed by atoms with E-state index >= 15 is 0 Å². The Kier molecular flexibility index (Phi) is 2.13. The fourth-order valence-electron chi connectivity index (χ4n) is 2.77. The van der Waals surface area contributed by atoms with Crippen molar-refractivity contribution >= 4 is 11.4 Å². The van der Waals surface area contributed by atoms with Crippen LogP contribution in [0.3, 0.4) is 0 Å². The van der Waals surface area contributed by atoms with Crippen molar-refractivity contribution in [3.05, 3.63) is 12.1 Å². The molecule has 3 aliphatic rings. The molecule has 4 nitrogen and oxygen atoms in total. The fraction of sp³-hybridized carbons (Fsp3) is 0.571. The molecule has 1 aliphatic carbocycles. The molecule has 0 radical (unpaired) electrons. The molecule has 0 saturated heterocycles. The number of benzene rings is 1. The lowest BCUT2D eigenvalue weighted by Crippen LogP contribution is -2.43. The number of hydrogen-bond acceptors (Lipinski definition) is 4. The Hall–Kier alpha value is -1.58. The zero-order chi connectivity index (χ0) is 12.1. The molecule has 18 heavy (non-hydrogen) atoms. The topological polar surface area (TPSA) is 33.7 Å². The Morgan fingerprint density at radius 1 is 1.28 bits per heavy atom. The second-order valence-corrected chi connectivity index (χ2v) is 5.55. The molecule has 96 valence electrons. The van der Waals surface area contributed by atoms with Crippen LogP contribution in [-0.2, 0) is 0 Å². The first kappa shape index (κ1) is 10.4. The van der Waals surface area contributed by atoms with Crippen LogP contribution in [0.15, 0.2) is 12.1 Å². The molecule has 2 aliphatic heterocycles. The standard InChI is InChI=1S/C14H18N2O2/c1-9-6-15-11-4-13-14(18-8-17-13)5-12(11)16(9)7-10-2-3-10/h4-5,9-10,15H,2-3,6-8H2,1H3. The number of ether oxygens (including phenoxy) is 2. The van der Waals surface area contributed by atoms with Crippen molar-refractivity contribution in [2.24, 2.45) is 5.92 Å². The summed E-state index contributed by atoms with van der Waals surface area (Å²) in [5, 5.41) is 3.49. The third-order valence-electron chi connectivity index (χ3n) is 4.07. The van der Waals surface area contributed by atoms with Gasteiger partial charge >= 0.3 is 0 Å². The van der Waals surface area contributed by atoms with E-state index < -0.39 is 0 Å². The molecular formula is C14H18N2O2. The first-order chi connectivity index (χ1) is 8.81. The molecule has 1 fully saturated rings. The summed E-state index contributed by atoms with van der Waals surface area (Å²) in [4.78, 5) is 2.52. The van der Waals surface area contributed by atoms with Gasteiger partial charge in [-0.05, 0) is 25.7 Å². The van der Waals surface area contributed by atoms with Crippen LogP contribution in [-0.4, -0.2) is 25.9 Å². The zero-order valence-electron chi connectivity index (χ0n) is 10.6. The maximum atomic E-state index is 5.49. The summed E-state index contributed by atoms with van der Waals surface area (Å²) in [6, 6.07) is 4.74. The van der Waals surface area contributed by atoms with E-state index in [1.807, 2.05) is 0 Å². The smallest absolute Gasteiger partial charge is 0.231 e. The molecule has 4 rings (SSSR count). The van der Waals surface area contributed by atoms with Gasteiger partial charge in [-0.25, -0.2) is 0 Å². The van der Waals surface area contributed by atoms with E-state index in [1.54, 1.807) is 0 Å². The first-order valence-electron chi connectivity index (χ1n) is 6.75. The van der Waals surface area contributed by atoms with E-state index in [4.69, 9.17) is 9.47 Å². The molecule has 0 amide bonds. The lowest BCUT2D eigenvalue weighted by molar-refractivity contribution is 0.174. The van der Waals surface area contributed by atoms with Gasteiger partial charge in [-0.1, -0.05) is 0 Å². The van der Waals surface area contributed by atoms with Crippen LogP contribution in [0.4, 0.5) is 11.4 Å². The highest BCUT2D eigenvalue weighted by Gasteiger charge is 2.31. The summed E-state index contributed by atoms with van der Waals surface area (Å²) in [6.07, 6.45) is 2.77. The summed E-state index contributed by atoms with van der Waals surface area (Å²) >= 11 is 0. The Morgan fingerprint density at radius 2 is 2.06 bits per heavy atom. The predicted octanol–water partition coefficient (Wildman–Crippen LogP) is 2.45. The monoisotopic (exact) mass is 246 g/mol. The van der Waals surface area contributed by atoms with Crippen LogP contribution in [0.25, 0.3) is 0 Å². The van der Waals surface area contributed by atoms with Gasteiger partial charge in [0.15, 0.2) is 11.5 Å². The number of nitrogens with zero attached hydrogens (tertiary/aromatic N) is 1. The lowest BCUT2D eigenvalue weighted by Gasteiger charge is -2.38. The van der Waals surface area contributed by atoms with Crippen LogP contribution in [0, 0.1) is 5.92 Å². The van der Waals surface area contributed by atoms with Crippen molar-refractivity contribution in [2.75, 3.05) is 30.1 Å². The minimum atomic E-state index is 0.344.